The lowest BCUT2D eigenvalue weighted by atomic mass is 10.1. The standard InChI is InChI=1S/C27H25ClN8O3S2/c28-19-7-9-21(10-8-19)41(38,39)35-13-1-2-20(16-35)31-26-30-12-11-22(32-26)24-23(33-27-36(24)14-15-40-27)17-3-5-18(6-4-17)25(29)34-37/h3-12,14-15,20,37H,1-2,13,16H2,(H2,29,34)(H,30,31,32)/t20-/m1/s1. The minimum absolute atomic E-state index is 0.0244. The SMILES string of the molecule is N/C(=N\O)c1ccc(-c2nc3sccn3c2-c2ccnc(N[C@@H]3CCCN(S(=O)(=O)c4ccc(Cl)cc4)C3)n2)cc1. The number of piperidine rings is 1. The Kier molecular flexibility index (Phi) is 7.34. The first-order valence-electron chi connectivity index (χ1n) is 12.7. The maximum Gasteiger partial charge on any atom is 0.243 e. The molecule has 41 heavy (non-hydrogen) atoms. The molecule has 5 aromatic rings. The van der Waals surface area contributed by atoms with Crippen molar-refractivity contribution in [3.63, 3.8) is 0 Å². The molecule has 14 heteroatoms. The van der Waals surface area contributed by atoms with Gasteiger partial charge in [-0.2, -0.15) is 4.31 Å². The number of hydrogen-bond acceptors (Lipinski definition) is 9. The molecule has 0 aliphatic carbocycles. The van der Waals surface area contributed by atoms with Crippen LogP contribution in [0.2, 0.25) is 5.02 Å². The lowest BCUT2D eigenvalue weighted by molar-refractivity contribution is 0.318. The summed E-state index contributed by atoms with van der Waals surface area (Å²) in [6.45, 7) is 0.728. The fourth-order valence-corrected chi connectivity index (χ4v) is 7.23. The van der Waals surface area contributed by atoms with Crippen LogP contribution in [0.15, 0.2) is 82.4 Å². The van der Waals surface area contributed by atoms with Crippen molar-refractivity contribution in [3.8, 4) is 22.6 Å². The number of nitrogens with two attached hydrogens (primary N) is 1. The highest BCUT2D eigenvalue weighted by Gasteiger charge is 2.30. The van der Waals surface area contributed by atoms with Crippen molar-refractivity contribution in [2.45, 2.75) is 23.8 Å². The summed E-state index contributed by atoms with van der Waals surface area (Å²) in [5.74, 6) is 0.424. The summed E-state index contributed by atoms with van der Waals surface area (Å²) >= 11 is 7.46. The maximum absolute atomic E-state index is 13.2. The molecular formula is C27H25ClN8O3S2. The van der Waals surface area contributed by atoms with E-state index in [1.807, 2.05) is 34.2 Å². The van der Waals surface area contributed by atoms with Gasteiger partial charge in [-0.15, -0.1) is 11.3 Å². The molecule has 11 nitrogen and oxygen atoms in total. The number of rotatable bonds is 7. The summed E-state index contributed by atoms with van der Waals surface area (Å²) in [7, 11) is -3.66. The van der Waals surface area contributed by atoms with Crippen LogP contribution in [-0.4, -0.2) is 62.2 Å². The number of benzene rings is 2. The zero-order valence-corrected chi connectivity index (χ0v) is 23.9. The number of nitrogens with zero attached hydrogens (tertiary/aromatic N) is 6. The number of amidine groups is 1. The molecule has 1 atom stereocenters. The zero-order chi connectivity index (χ0) is 28.6. The first kappa shape index (κ1) is 27.1. The molecule has 1 aliphatic heterocycles. The van der Waals surface area contributed by atoms with Crippen molar-refractivity contribution in [1.29, 1.82) is 0 Å². The predicted molar refractivity (Wildman–Crippen MR) is 159 cm³/mol. The van der Waals surface area contributed by atoms with Gasteiger partial charge in [0, 0.05) is 53.1 Å². The van der Waals surface area contributed by atoms with Crippen LogP contribution < -0.4 is 11.1 Å². The molecule has 1 saturated heterocycles. The zero-order valence-electron chi connectivity index (χ0n) is 21.6. The minimum atomic E-state index is -3.66. The monoisotopic (exact) mass is 608 g/mol. The highest BCUT2D eigenvalue weighted by molar-refractivity contribution is 7.89. The lowest BCUT2D eigenvalue weighted by Gasteiger charge is -2.32. The second-order valence-electron chi connectivity index (χ2n) is 9.49. The predicted octanol–water partition coefficient (Wildman–Crippen LogP) is 4.53. The molecule has 4 heterocycles. The van der Waals surface area contributed by atoms with E-state index in [4.69, 9.17) is 32.5 Å². The van der Waals surface area contributed by atoms with E-state index in [-0.39, 0.29) is 23.3 Å². The Morgan fingerprint density at radius 3 is 2.66 bits per heavy atom. The van der Waals surface area contributed by atoms with Gasteiger partial charge in [-0.3, -0.25) is 4.40 Å². The molecule has 0 amide bonds. The van der Waals surface area contributed by atoms with E-state index in [2.05, 4.69) is 15.5 Å². The van der Waals surface area contributed by atoms with Crippen LogP contribution in [0.25, 0.3) is 27.6 Å². The van der Waals surface area contributed by atoms with Crippen LogP contribution in [0, 0.1) is 0 Å². The Morgan fingerprint density at radius 1 is 1.12 bits per heavy atom. The highest BCUT2D eigenvalue weighted by atomic mass is 35.5. The molecule has 2 aromatic carbocycles. The van der Waals surface area contributed by atoms with Gasteiger partial charge in [-0.25, -0.2) is 23.4 Å². The number of halogens is 1. The number of oxime groups is 1. The molecule has 0 unspecified atom stereocenters. The summed E-state index contributed by atoms with van der Waals surface area (Å²) in [6, 6.07) is 15.1. The van der Waals surface area contributed by atoms with E-state index in [1.165, 1.54) is 27.8 Å². The van der Waals surface area contributed by atoms with Crippen LogP contribution in [0.4, 0.5) is 5.95 Å². The van der Waals surface area contributed by atoms with Gasteiger partial charge in [0.2, 0.25) is 16.0 Å². The third-order valence-electron chi connectivity index (χ3n) is 6.89. The number of anilines is 1. The largest absolute Gasteiger partial charge is 0.409 e. The van der Waals surface area contributed by atoms with E-state index in [1.54, 1.807) is 30.5 Å². The van der Waals surface area contributed by atoms with Gasteiger partial charge in [-0.1, -0.05) is 41.0 Å². The Morgan fingerprint density at radius 2 is 1.90 bits per heavy atom. The van der Waals surface area contributed by atoms with Gasteiger partial charge < -0.3 is 16.3 Å². The molecular weight excluding hydrogens is 584 g/mol. The normalized spacial score (nSPS) is 16.7. The summed E-state index contributed by atoms with van der Waals surface area (Å²) in [4.78, 5) is 15.1. The Labute approximate surface area is 245 Å². The topological polar surface area (TPSA) is 151 Å². The van der Waals surface area contributed by atoms with Crippen molar-refractivity contribution >= 4 is 49.7 Å². The van der Waals surface area contributed by atoms with Crippen LogP contribution in [0.3, 0.4) is 0 Å². The minimum Gasteiger partial charge on any atom is -0.409 e. The maximum atomic E-state index is 13.2. The second-order valence-corrected chi connectivity index (χ2v) is 12.7. The number of sulfonamides is 1. The van der Waals surface area contributed by atoms with E-state index in [0.717, 1.165) is 28.3 Å². The van der Waals surface area contributed by atoms with Crippen LogP contribution in [0.1, 0.15) is 18.4 Å². The summed E-state index contributed by atoms with van der Waals surface area (Å²) < 4.78 is 29.9. The molecule has 0 radical (unpaired) electrons. The Bertz CT molecular complexity index is 1840. The molecule has 0 spiro atoms. The first-order valence-corrected chi connectivity index (χ1v) is 15.4. The van der Waals surface area contributed by atoms with E-state index in [0.29, 0.717) is 35.2 Å². The van der Waals surface area contributed by atoms with Crippen molar-refractivity contribution in [2.24, 2.45) is 10.9 Å². The smallest absolute Gasteiger partial charge is 0.243 e. The highest BCUT2D eigenvalue weighted by Crippen LogP contribution is 2.34. The average Bonchev–Trinajstić information content (AvgIpc) is 3.59. The number of nitrogens with one attached hydrogen (secondary N) is 1. The fourth-order valence-electron chi connectivity index (χ4n) is 4.87. The number of fused-ring (bicyclic) bond motifs is 1. The molecule has 0 bridgehead atoms. The molecule has 4 N–H and O–H groups in total. The Hall–Kier alpha value is -4.04. The number of imidazole rings is 1. The summed E-state index contributed by atoms with van der Waals surface area (Å²) in [6.07, 6.45) is 5.09. The van der Waals surface area contributed by atoms with E-state index >= 15 is 0 Å². The molecule has 3 aromatic heterocycles. The van der Waals surface area contributed by atoms with Gasteiger partial charge in [0.15, 0.2) is 10.8 Å². The Balaban J connectivity index is 1.27. The number of hydrogen-bond donors (Lipinski definition) is 3. The van der Waals surface area contributed by atoms with E-state index < -0.39 is 10.0 Å². The molecule has 1 fully saturated rings. The van der Waals surface area contributed by atoms with Crippen molar-refractivity contribution < 1.29 is 13.6 Å². The average molecular weight is 609 g/mol. The molecule has 1 aliphatic rings. The van der Waals surface area contributed by atoms with Gasteiger partial charge >= 0.3 is 0 Å². The summed E-state index contributed by atoms with van der Waals surface area (Å²) in [5.41, 5.74) is 9.33. The summed E-state index contributed by atoms with van der Waals surface area (Å²) in [5, 5.41) is 17.8. The number of aromatic nitrogens is 4. The third kappa shape index (κ3) is 5.36. The fraction of sp³-hybridized carbons (Fsp3) is 0.185. The third-order valence-corrected chi connectivity index (χ3v) is 9.78. The van der Waals surface area contributed by atoms with Crippen LogP contribution >= 0.6 is 22.9 Å². The van der Waals surface area contributed by atoms with Gasteiger partial charge in [0.25, 0.3) is 0 Å². The van der Waals surface area contributed by atoms with Crippen molar-refractivity contribution in [3.05, 3.63) is 83.0 Å². The van der Waals surface area contributed by atoms with E-state index in [9.17, 15) is 8.42 Å². The first-order chi connectivity index (χ1) is 19.8. The van der Waals surface area contributed by atoms with Gasteiger partial charge in [0.05, 0.1) is 16.3 Å². The van der Waals surface area contributed by atoms with Gasteiger partial charge in [-0.05, 0) is 43.2 Å². The lowest BCUT2D eigenvalue weighted by Crippen LogP contribution is -2.45. The second kappa shape index (κ2) is 11.1. The van der Waals surface area contributed by atoms with Crippen LogP contribution in [-0.2, 0) is 10.0 Å². The quantitative estimate of drug-likeness (QED) is 0.105. The molecule has 6 rings (SSSR count). The molecule has 210 valence electrons. The molecule has 0 saturated carbocycles. The van der Waals surface area contributed by atoms with Crippen molar-refractivity contribution in [2.75, 3.05) is 18.4 Å². The number of thiazole rings is 1. The van der Waals surface area contributed by atoms with Crippen LogP contribution in [0.5, 0.6) is 0 Å². The van der Waals surface area contributed by atoms with Crippen molar-refractivity contribution in [1.82, 2.24) is 23.7 Å². The van der Waals surface area contributed by atoms with Gasteiger partial charge in [0.1, 0.15) is 5.69 Å².